The predicted molar refractivity (Wildman–Crippen MR) is 145 cm³/mol. The van der Waals surface area contributed by atoms with Gasteiger partial charge >= 0.3 is 13.7 Å². The number of rotatable bonds is 8. The minimum absolute atomic E-state index is 0.00607. The number of benzene rings is 1. The Morgan fingerprint density at radius 1 is 1.17 bits per heavy atom. The minimum atomic E-state index is -4.76. The summed E-state index contributed by atoms with van der Waals surface area (Å²) >= 11 is 0. The third kappa shape index (κ3) is 5.60. The number of anilines is 1. The summed E-state index contributed by atoms with van der Waals surface area (Å²) in [6.45, 7) is 0.614. The normalized spacial score (nSPS) is 16.7. The average Bonchev–Trinajstić information content (AvgIpc) is 3.65. The van der Waals surface area contributed by atoms with E-state index in [2.05, 4.69) is 20.4 Å². The zero-order chi connectivity index (χ0) is 28.8. The quantitative estimate of drug-likeness (QED) is 0.221. The summed E-state index contributed by atoms with van der Waals surface area (Å²) in [5.41, 5.74) is 1.99. The molecule has 3 N–H and O–H groups in total. The van der Waals surface area contributed by atoms with Crippen LogP contribution in [0.5, 0.6) is 5.75 Å². The largest absolute Gasteiger partial charge is 0.524 e. The monoisotopic (exact) mass is 600 g/mol. The fourth-order valence-corrected chi connectivity index (χ4v) is 6.62. The Hall–Kier alpha value is -4.08. The number of fused-ring (bicyclic) bond motifs is 1. The minimum Gasteiger partial charge on any atom is -0.432 e. The highest BCUT2D eigenvalue weighted by Gasteiger charge is 2.32. The fraction of sp³-hybridized carbons (Fsp3) is 0.250. The van der Waals surface area contributed by atoms with E-state index in [0.717, 1.165) is 6.42 Å². The van der Waals surface area contributed by atoms with Crippen LogP contribution in [0.15, 0.2) is 70.7 Å². The molecule has 1 aliphatic rings. The zero-order valence-corrected chi connectivity index (χ0v) is 23.3. The van der Waals surface area contributed by atoms with E-state index < -0.39 is 17.8 Å². The number of nitrogens with zero attached hydrogens (tertiary/aromatic N) is 7. The van der Waals surface area contributed by atoms with Crippen molar-refractivity contribution in [3.05, 3.63) is 61.3 Å². The SMILES string of the molecule is Cn1ccc(S(=O)(=O)N2CCCC(Nc3nccc(-c4c(-c5cccc(OP(=O)(O)O)c5)nc5occn45)n3)C2)n1. The van der Waals surface area contributed by atoms with Gasteiger partial charge in [0.05, 0.1) is 5.69 Å². The molecule has 0 aliphatic carbocycles. The number of imidazole rings is 1. The lowest BCUT2D eigenvalue weighted by atomic mass is 10.1. The smallest absolute Gasteiger partial charge is 0.432 e. The lowest BCUT2D eigenvalue weighted by Gasteiger charge is -2.31. The van der Waals surface area contributed by atoms with Gasteiger partial charge in [0.15, 0.2) is 5.03 Å². The van der Waals surface area contributed by atoms with Crippen molar-refractivity contribution >= 4 is 29.6 Å². The van der Waals surface area contributed by atoms with Gasteiger partial charge in [-0.15, -0.1) is 0 Å². The highest BCUT2D eigenvalue weighted by Crippen LogP contribution is 2.40. The maximum absolute atomic E-state index is 13.1. The Bertz CT molecular complexity index is 1880. The van der Waals surface area contributed by atoms with Crippen molar-refractivity contribution in [3.63, 3.8) is 0 Å². The molecule has 41 heavy (non-hydrogen) atoms. The maximum atomic E-state index is 13.1. The second kappa shape index (κ2) is 10.4. The number of oxazole rings is 1. The molecule has 1 saturated heterocycles. The Morgan fingerprint density at radius 3 is 2.80 bits per heavy atom. The number of aromatic nitrogens is 6. The number of sulfonamides is 1. The zero-order valence-electron chi connectivity index (χ0n) is 21.6. The third-order valence-corrected chi connectivity index (χ3v) is 8.71. The Morgan fingerprint density at radius 2 is 2.02 bits per heavy atom. The molecular weight excluding hydrogens is 575 g/mol. The number of phosphoric ester groups is 1. The van der Waals surface area contributed by atoms with E-state index >= 15 is 0 Å². The molecule has 0 radical (unpaired) electrons. The van der Waals surface area contributed by atoms with Crippen molar-refractivity contribution in [1.82, 2.24) is 33.4 Å². The van der Waals surface area contributed by atoms with E-state index in [1.165, 1.54) is 33.4 Å². The molecule has 1 fully saturated rings. The Labute approximate surface area is 233 Å². The molecule has 1 atom stereocenters. The summed E-state index contributed by atoms with van der Waals surface area (Å²) in [5.74, 6) is 0.554. The highest BCUT2D eigenvalue weighted by atomic mass is 32.2. The van der Waals surface area contributed by atoms with Gasteiger partial charge in [-0.25, -0.2) is 23.0 Å². The lowest BCUT2D eigenvalue weighted by molar-refractivity contribution is 0.283. The number of hydrogen-bond acceptors (Lipinski definition) is 10. The molecule has 5 aromatic rings. The molecule has 15 nitrogen and oxygen atoms in total. The van der Waals surface area contributed by atoms with Gasteiger partial charge in [0.1, 0.15) is 23.4 Å². The molecule has 17 heteroatoms. The summed E-state index contributed by atoms with van der Waals surface area (Å²) in [5, 5.41) is 7.33. The first-order chi connectivity index (χ1) is 19.6. The molecule has 1 aromatic carbocycles. The Kier molecular flexibility index (Phi) is 6.87. The number of nitrogens with one attached hydrogen (secondary N) is 1. The van der Waals surface area contributed by atoms with Crippen LogP contribution in [0, 0.1) is 0 Å². The number of piperidine rings is 1. The Balaban J connectivity index is 1.29. The first-order valence-electron chi connectivity index (χ1n) is 12.5. The van der Waals surface area contributed by atoms with E-state index in [1.54, 1.807) is 48.2 Å². The fourth-order valence-electron chi connectivity index (χ4n) is 4.75. The first kappa shape index (κ1) is 27.1. The van der Waals surface area contributed by atoms with Crippen molar-refractivity contribution in [2.45, 2.75) is 23.9 Å². The van der Waals surface area contributed by atoms with E-state index in [1.807, 2.05) is 0 Å². The molecule has 6 rings (SSSR count). The van der Waals surface area contributed by atoms with Crippen molar-refractivity contribution in [2.75, 3.05) is 18.4 Å². The van der Waals surface area contributed by atoms with Crippen LogP contribution < -0.4 is 9.84 Å². The van der Waals surface area contributed by atoms with Crippen LogP contribution >= 0.6 is 7.82 Å². The highest BCUT2D eigenvalue weighted by molar-refractivity contribution is 7.89. The molecule has 1 aliphatic heterocycles. The van der Waals surface area contributed by atoms with Crippen molar-refractivity contribution in [2.24, 2.45) is 7.05 Å². The summed E-state index contributed by atoms with van der Waals surface area (Å²) in [6, 6.07) is 9.13. The average molecular weight is 601 g/mol. The first-order valence-corrected chi connectivity index (χ1v) is 15.4. The number of hydrogen-bond donors (Lipinski definition) is 3. The van der Waals surface area contributed by atoms with Crippen LogP contribution in [0.25, 0.3) is 28.5 Å². The number of phosphoric acid groups is 1. The van der Waals surface area contributed by atoms with Crippen LogP contribution in [0.2, 0.25) is 0 Å². The predicted octanol–water partition coefficient (Wildman–Crippen LogP) is 2.52. The van der Waals surface area contributed by atoms with Crippen LogP contribution in [0.3, 0.4) is 0 Å². The number of aryl methyl sites for hydroxylation is 1. The maximum Gasteiger partial charge on any atom is 0.524 e. The van der Waals surface area contributed by atoms with Crippen molar-refractivity contribution in [3.8, 4) is 28.4 Å². The summed E-state index contributed by atoms with van der Waals surface area (Å²) in [4.78, 5) is 32.0. The lowest BCUT2D eigenvalue weighted by Crippen LogP contribution is -2.45. The topological polar surface area (TPSA) is 190 Å². The summed E-state index contributed by atoms with van der Waals surface area (Å²) in [6.07, 6.45) is 7.69. The summed E-state index contributed by atoms with van der Waals surface area (Å²) in [7, 11) is -6.83. The van der Waals surface area contributed by atoms with E-state index in [-0.39, 0.29) is 29.2 Å². The second-order valence-electron chi connectivity index (χ2n) is 9.41. The van der Waals surface area contributed by atoms with Gasteiger partial charge in [-0.1, -0.05) is 12.1 Å². The van der Waals surface area contributed by atoms with Crippen molar-refractivity contribution in [1.29, 1.82) is 0 Å². The molecule has 214 valence electrons. The standard InChI is InChI=1S/C24H25N8O7PS/c1-30-11-8-20(29-30)41(36,37)31-10-3-5-17(15-31)26-23-25-9-7-19(27-23)22-21(28-24-32(22)12-13-38-24)16-4-2-6-18(14-16)39-40(33,34)35/h2,4,6-9,11-14,17H,3,5,10,15H2,1H3,(H,25,26,27)(H2,33,34,35). The van der Waals surface area contributed by atoms with Gasteiger partial charge in [-0.05, 0) is 37.1 Å². The van der Waals surface area contributed by atoms with Gasteiger partial charge < -0.3 is 14.3 Å². The second-order valence-corrected chi connectivity index (χ2v) is 12.5. The molecule has 0 saturated carbocycles. The molecule has 1 unspecified atom stereocenters. The molecule has 0 bridgehead atoms. The van der Waals surface area contributed by atoms with Gasteiger partial charge in [0, 0.05) is 50.3 Å². The van der Waals surface area contributed by atoms with Crippen LogP contribution in [-0.4, -0.2) is 70.8 Å². The molecule has 4 aromatic heterocycles. The molecule has 5 heterocycles. The van der Waals surface area contributed by atoms with Crippen LogP contribution in [0.1, 0.15) is 12.8 Å². The van der Waals surface area contributed by atoms with Crippen LogP contribution in [-0.2, 0) is 21.6 Å². The summed E-state index contributed by atoms with van der Waals surface area (Å²) < 4.78 is 52.4. The van der Waals surface area contributed by atoms with Crippen molar-refractivity contribution < 1.29 is 31.7 Å². The van der Waals surface area contributed by atoms with Gasteiger partial charge in [-0.3, -0.25) is 18.9 Å². The molecule has 0 spiro atoms. The molecular formula is C24H25N8O7PS. The third-order valence-electron chi connectivity index (χ3n) is 6.50. The van der Waals surface area contributed by atoms with E-state index in [9.17, 15) is 22.8 Å². The van der Waals surface area contributed by atoms with Gasteiger partial charge in [-0.2, -0.15) is 14.4 Å². The van der Waals surface area contributed by atoms with Crippen LogP contribution in [0.4, 0.5) is 5.95 Å². The molecule has 0 amide bonds. The van der Waals surface area contributed by atoms with E-state index in [4.69, 9.17) is 13.9 Å². The van der Waals surface area contributed by atoms with E-state index in [0.29, 0.717) is 41.6 Å². The van der Waals surface area contributed by atoms with Gasteiger partial charge in [0.2, 0.25) is 5.95 Å². The van der Waals surface area contributed by atoms with Gasteiger partial charge in [0.25, 0.3) is 10.0 Å².